The van der Waals surface area contributed by atoms with E-state index in [4.69, 9.17) is 4.98 Å². The first-order chi connectivity index (χ1) is 13.2. The quantitative estimate of drug-likeness (QED) is 0.697. The lowest BCUT2D eigenvalue weighted by Gasteiger charge is -2.26. The molecule has 0 bridgehead atoms. The molecule has 138 valence electrons. The zero-order valence-electron chi connectivity index (χ0n) is 15.5. The summed E-state index contributed by atoms with van der Waals surface area (Å²) in [5, 5.41) is 0. The highest BCUT2D eigenvalue weighted by molar-refractivity contribution is 7.09. The smallest absolute Gasteiger partial charge is 0.0798 e. The molecule has 27 heavy (non-hydrogen) atoms. The molecular formula is C21H23N5S. The van der Waals surface area contributed by atoms with Crippen LogP contribution >= 0.6 is 11.3 Å². The van der Waals surface area contributed by atoms with Crippen molar-refractivity contribution in [2.75, 3.05) is 24.5 Å². The minimum absolute atomic E-state index is 0.136. The van der Waals surface area contributed by atoms with Gasteiger partial charge in [-0.15, -0.1) is 11.3 Å². The van der Waals surface area contributed by atoms with Crippen LogP contribution in [0.3, 0.4) is 0 Å². The molecule has 5 nitrogen and oxygen atoms in total. The summed E-state index contributed by atoms with van der Waals surface area (Å²) >= 11 is 1.77. The second-order valence-corrected chi connectivity index (χ2v) is 8.63. The number of nitrogens with zero attached hydrogens (tertiary/aromatic N) is 5. The van der Waals surface area contributed by atoms with Crippen LogP contribution < -0.4 is 4.90 Å². The van der Waals surface area contributed by atoms with Crippen LogP contribution in [0.4, 0.5) is 5.69 Å². The minimum atomic E-state index is 0.136. The number of hydrogen-bond donors (Lipinski definition) is 0. The molecule has 1 spiro atoms. The minimum Gasteiger partial charge on any atom is -0.365 e. The number of thiazole rings is 1. The van der Waals surface area contributed by atoms with Gasteiger partial charge in [-0.2, -0.15) is 0 Å². The van der Waals surface area contributed by atoms with Crippen molar-refractivity contribution >= 4 is 17.0 Å². The fourth-order valence-corrected chi connectivity index (χ4v) is 5.35. The first-order valence-corrected chi connectivity index (χ1v) is 10.3. The van der Waals surface area contributed by atoms with Crippen LogP contribution in [0.25, 0.3) is 0 Å². The van der Waals surface area contributed by atoms with Crippen LogP contribution in [0.15, 0.2) is 48.4 Å². The van der Waals surface area contributed by atoms with E-state index in [0.29, 0.717) is 0 Å². The number of likely N-dealkylation sites (tertiary alicyclic amines) is 1. The summed E-state index contributed by atoms with van der Waals surface area (Å²) in [7, 11) is 0. The third kappa shape index (κ3) is 3.03. The molecule has 0 radical (unpaired) electrons. The Labute approximate surface area is 163 Å². The van der Waals surface area contributed by atoms with Crippen LogP contribution in [0.2, 0.25) is 0 Å². The lowest BCUT2D eigenvalue weighted by molar-refractivity contribution is 0.307. The number of hydrogen-bond acceptors (Lipinski definition) is 6. The van der Waals surface area contributed by atoms with Gasteiger partial charge < -0.3 is 4.90 Å². The molecule has 2 aliphatic heterocycles. The van der Waals surface area contributed by atoms with Gasteiger partial charge in [0.05, 0.1) is 22.6 Å². The molecule has 0 saturated carbocycles. The zero-order chi connectivity index (χ0) is 18.3. The van der Waals surface area contributed by atoms with Gasteiger partial charge in [-0.05, 0) is 43.7 Å². The molecule has 1 unspecified atom stereocenters. The number of rotatable bonds is 4. The molecule has 0 aliphatic carbocycles. The number of aromatic nitrogens is 3. The Morgan fingerprint density at radius 3 is 2.85 bits per heavy atom. The van der Waals surface area contributed by atoms with Gasteiger partial charge in [-0.25, -0.2) is 4.98 Å². The molecule has 5 rings (SSSR count). The Kier molecular flexibility index (Phi) is 4.17. The lowest BCUT2D eigenvalue weighted by Crippen LogP contribution is -2.36. The van der Waals surface area contributed by atoms with E-state index in [0.717, 1.165) is 32.7 Å². The van der Waals surface area contributed by atoms with Gasteiger partial charge in [0.15, 0.2) is 0 Å². The molecule has 5 heterocycles. The summed E-state index contributed by atoms with van der Waals surface area (Å²) in [6, 6.07) is 8.45. The van der Waals surface area contributed by atoms with Crippen molar-refractivity contribution in [2.24, 2.45) is 0 Å². The van der Waals surface area contributed by atoms with E-state index in [1.807, 2.05) is 30.2 Å². The molecule has 3 aromatic rings. The third-order valence-corrected chi connectivity index (χ3v) is 6.78. The number of fused-ring (bicyclic) bond motifs is 2. The first-order valence-electron chi connectivity index (χ1n) is 9.44. The molecular weight excluding hydrogens is 354 g/mol. The van der Waals surface area contributed by atoms with Crippen molar-refractivity contribution in [3.63, 3.8) is 0 Å². The molecule has 6 heteroatoms. The molecule has 0 N–H and O–H groups in total. The first kappa shape index (κ1) is 16.8. The van der Waals surface area contributed by atoms with Crippen LogP contribution in [-0.2, 0) is 18.5 Å². The Bertz CT molecular complexity index is 941. The topological polar surface area (TPSA) is 45.2 Å². The third-order valence-electron chi connectivity index (χ3n) is 5.86. The van der Waals surface area contributed by atoms with Gasteiger partial charge in [0.1, 0.15) is 0 Å². The molecule has 1 saturated heterocycles. The van der Waals surface area contributed by atoms with Gasteiger partial charge in [0, 0.05) is 55.1 Å². The Balaban J connectivity index is 1.39. The van der Waals surface area contributed by atoms with E-state index in [2.05, 4.69) is 44.9 Å². The summed E-state index contributed by atoms with van der Waals surface area (Å²) in [5.74, 6) is 0. The van der Waals surface area contributed by atoms with Crippen molar-refractivity contribution in [1.29, 1.82) is 0 Å². The standard InChI is InChI=1S/C21H23N5S/c1-16-19(27-15-24-16)12-25-9-6-21(13-25)14-26(11-17-4-2-7-22-10-17)18-5-3-8-23-20(18)21/h2-5,7-8,10,15H,6,9,11-14H2,1H3. The summed E-state index contributed by atoms with van der Waals surface area (Å²) in [5.41, 5.74) is 7.08. The fourth-order valence-electron chi connectivity index (χ4n) is 4.54. The average Bonchev–Trinajstić information content (AvgIpc) is 3.37. The highest BCUT2D eigenvalue weighted by atomic mass is 32.1. The number of pyridine rings is 2. The largest absolute Gasteiger partial charge is 0.365 e. The summed E-state index contributed by atoms with van der Waals surface area (Å²) in [6.07, 6.45) is 6.91. The second-order valence-electron chi connectivity index (χ2n) is 7.69. The SMILES string of the molecule is Cc1ncsc1CN1CCC2(C1)CN(Cc1cccnc1)c1cccnc12. The van der Waals surface area contributed by atoms with Crippen molar-refractivity contribution < 1.29 is 0 Å². The zero-order valence-corrected chi connectivity index (χ0v) is 16.3. The van der Waals surface area contributed by atoms with Crippen molar-refractivity contribution in [3.05, 3.63) is 70.2 Å². The van der Waals surface area contributed by atoms with Crippen LogP contribution in [-0.4, -0.2) is 39.5 Å². The van der Waals surface area contributed by atoms with Gasteiger partial charge in [0.2, 0.25) is 0 Å². The van der Waals surface area contributed by atoms with Crippen LogP contribution in [0.1, 0.15) is 28.2 Å². The van der Waals surface area contributed by atoms with Crippen molar-refractivity contribution in [2.45, 2.75) is 31.8 Å². The lowest BCUT2D eigenvalue weighted by atomic mass is 9.85. The van der Waals surface area contributed by atoms with Gasteiger partial charge in [-0.1, -0.05) is 6.07 Å². The van der Waals surface area contributed by atoms with Crippen molar-refractivity contribution in [1.82, 2.24) is 19.9 Å². The van der Waals surface area contributed by atoms with E-state index in [1.165, 1.54) is 33.9 Å². The van der Waals surface area contributed by atoms with Crippen LogP contribution in [0, 0.1) is 6.92 Å². The maximum atomic E-state index is 4.84. The maximum Gasteiger partial charge on any atom is 0.0798 e. The molecule has 2 aliphatic rings. The van der Waals surface area contributed by atoms with Crippen molar-refractivity contribution in [3.8, 4) is 0 Å². The normalized spacial score (nSPS) is 21.9. The molecule has 3 aromatic heterocycles. The summed E-state index contributed by atoms with van der Waals surface area (Å²) in [6.45, 7) is 7.23. The Morgan fingerprint density at radius 1 is 1.11 bits per heavy atom. The predicted octanol–water partition coefficient (Wildman–Crippen LogP) is 3.41. The van der Waals surface area contributed by atoms with Gasteiger partial charge in [0.25, 0.3) is 0 Å². The highest BCUT2D eigenvalue weighted by Crippen LogP contribution is 2.45. The van der Waals surface area contributed by atoms with E-state index in [1.54, 1.807) is 11.3 Å². The number of aryl methyl sites for hydroxylation is 1. The summed E-state index contributed by atoms with van der Waals surface area (Å²) < 4.78 is 0. The fraction of sp³-hybridized carbons (Fsp3) is 0.381. The van der Waals surface area contributed by atoms with Crippen LogP contribution in [0.5, 0.6) is 0 Å². The average molecular weight is 378 g/mol. The Morgan fingerprint density at radius 2 is 2.04 bits per heavy atom. The second kappa shape index (κ2) is 6.69. The molecule has 0 aromatic carbocycles. The van der Waals surface area contributed by atoms with E-state index < -0.39 is 0 Å². The van der Waals surface area contributed by atoms with Gasteiger partial charge >= 0.3 is 0 Å². The number of anilines is 1. The highest BCUT2D eigenvalue weighted by Gasteiger charge is 2.48. The Hall–Kier alpha value is -2.31. The van der Waals surface area contributed by atoms with E-state index in [9.17, 15) is 0 Å². The van der Waals surface area contributed by atoms with E-state index >= 15 is 0 Å². The maximum absolute atomic E-state index is 4.84. The van der Waals surface area contributed by atoms with Gasteiger partial charge in [-0.3, -0.25) is 14.9 Å². The monoisotopic (exact) mass is 377 g/mol. The predicted molar refractivity (Wildman–Crippen MR) is 108 cm³/mol. The molecule has 1 atom stereocenters. The summed E-state index contributed by atoms with van der Waals surface area (Å²) in [4.78, 5) is 20.0. The molecule has 1 fully saturated rings. The molecule has 0 amide bonds. The van der Waals surface area contributed by atoms with E-state index in [-0.39, 0.29) is 5.41 Å².